The van der Waals surface area contributed by atoms with E-state index in [1.807, 2.05) is 51.4 Å². The van der Waals surface area contributed by atoms with E-state index in [0.29, 0.717) is 45.5 Å². The second-order valence-corrected chi connectivity index (χ2v) is 8.83. The first-order chi connectivity index (χ1) is 16.8. The van der Waals surface area contributed by atoms with Crippen molar-refractivity contribution >= 4 is 47.1 Å². The molecule has 35 heavy (non-hydrogen) atoms. The monoisotopic (exact) mass is 531 g/mol. The van der Waals surface area contributed by atoms with Gasteiger partial charge >= 0.3 is 0 Å². The Morgan fingerprint density at radius 1 is 1.03 bits per heavy atom. The first kappa shape index (κ1) is 26.5. The van der Waals surface area contributed by atoms with E-state index in [0.717, 1.165) is 28.9 Å². The smallest absolute Gasteiger partial charge is 0.298 e. The van der Waals surface area contributed by atoms with Gasteiger partial charge in [0.15, 0.2) is 0 Å². The Balaban J connectivity index is 0.000000287. The van der Waals surface area contributed by atoms with Crippen LogP contribution in [0, 0.1) is 20.8 Å². The van der Waals surface area contributed by atoms with Crippen LogP contribution in [0.1, 0.15) is 22.6 Å². The molecule has 0 atom stereocenters. The Morgan fingerprint density at radius 3 is 2.46 bits per heavy atom. The summed E-state index contributed by atoms with van der Waals surface area (Å²) < 4.78 is 6.32. The summed E-state index contributed by atoms with van der Waals surface area (Å²) in [6, 6.07) is 12.6. The number of aromatic nitrogens is 4. The van der Waals surface area contributed by atoms with E-state index in [4.69, 9.17) is 34.8 Å². The number of nitrogens with zero attached hydrogens (tertiary/aromatic N) is 4. The van der Waals surface area contributed by atoms with Gasteiger partial charge in [-0.3, -0.25) is 4.79 Å². The molecule has 0 saturated carbocycles. The van der Waals surface area contributed by atoms with E-state index < -0.39 is 0 Å². The molecule has 10 heteroatoms. The summed E-state index contributed by atoms with van der Waals surface area (Å²) >= 11 is 18.4. The molecule has 2 aromatic heterocycles. The van der Waals surface area contributed by atoms with E-state index in [-0.39, 0.29) is 0 Å². The number of carbonyl (C=O) groups excluding carboxylic acids is 1. The quantitative estimate of drug-likeness (QED) is 0.276. The van der Waals surface area contributed by atoms with Crippen molar-refractivity contribution in [2.24, 2.45) is 0 Å². The molecular weight excluding hydrogens is 509 g/mol. The molecule has 2 aromatic carbocycles. The molecule has 4 aromatic rings. The van der Waals surface area contributed by atoms with Gasteiger partial charge in [-0.25, -0.2) is 14.6 Å². The van der Waals surface area contributed by atoms with Gasteiger partial charge in [-0.2, -0.15) is 5.10 Å². The standard InChI is InChI=1S/C17H16Cl3N5.C8H8O2/c1-10-16(20)17(24-11(2)23-10)21-6-5-12-8-22-25(9-12)15-4-3-13(18)7-14(15)19;1-7-2-4-8(5-3-7)10-6-9/h3-4,7-9H,5-6H2,1-2H3,(H,21,23,24);2-6H,1H3. The number of hydrogen-bond donors (Lipinski definition) is 1. The van der Waals surface area contributed by atoms with Crippen LogP contribution in [-0.2, 0) is 11.2 Å². The average molecular weight is 533 g/mol. The van der Waals surface area contributed by atoms with Crippen molar-refractivity contribution in [3.05, 3.63) is 92.6 Å². The first-order valence-corrected chi connectivity index (χ1v) is 11.8. The predicted octanol–water partition coefficient (Wildman–Crippen LogP) is 6.42. The normalized spacial score (nSPS) is 10.3. The fourth-order valence-electron chi connectivity index (χ4n) is 3.10. The highest BCUT2D eigenvalue weighted by molar-refractivity contribution is 6.35. The number of ether oxygens (including phenoxy) is 1. The van der Waals surface area contributed by atoms with Crippen molar-refractivity contribution in [2.75, 3.05) is 11.9 Å². The van der Waals surface area contributed by atoms with Gasteiger partial charge in [0.1, 0.15) is 22.4 Å². The number of halogens is 3. The lowest BCUT2D eigenvalue weighted by atomic mass is 10.2. The zero-order chi connectivity index (χ0) is 25.4. The Bertz CT molecular complexity index is 1290. The van der Waals surface area contributed by atoms with Crippen LogP contribution in [0.2, 0.25) is 15.1 Å². The minimum atomic E-state index is 0.421. The van der Waals surface area contributed by atoms with Crippen LogP contribution in [0.3, 0.4) is 0 Å². The number of aryl methyl sites for hydroxylation is 3. The fourth-order valence-corrected chi connectivity index (χ4v) is 3.75. The molecule has 0 radical (unpaired) electrons. The minimum absolute atomic E-state index is 0.421. The Labute approximate surface area is 219 Å². The maximum Gasteiger partial charge on any atom is 0.298 e. The van der Waals surface area contributed by atoms with Crippen LogP contribution in [-0.4, -0.2) is 32.8 Å². The lowest BCUT2D eigenvalue weighted by Crippen LogP contribution is -2.08. The van der Waals surface area contributed by atoms with Crippen molar-refractivity contribution in [3.63, 3.8) is 0 Å². The summed E-state index contributed by atoms with van der Waals surface area (Å²) in [4.78, 5) is 18.4. The number of anilines is 1. The van der Waals surface area contributed by atoms with Crippen LogP contribution < -0.4 is 10.1 Å². The molecule has 7 nitrogen and oxygen atoms in total. The molecule has 0 unspecified atom stereocenters. The predicted molar refractivity (Wildman–Crippen MR) is 140 cm³/mol. The summed E-state index contributed by atoms with van der Waals surface area (Å²) in [5, 5.41) is 9.31. The summed E-state index contributed by atoms with van der Waals surface area (Å²) in [6.45, 7) is 6.78. The van der Waals surface area contributed by atoms with E-state index in [2.05, 4.69) is 25.1 Å². The van der Waals surface area contributed by atoms with Gasteiger partial charge in [0.2, 0.25) is 0 Å². The minimum Gasteiger partial charge on any atom is -0.429 e. The SMILES string of the molecule is Cc1ccc(OC=O)cc1.Cc1nc(C)c(Cl)c(NCCc2cnn(-c3ccc(Cl)cc3Cl)c2)n1. The number of benzene rings is 2. The molecule has 0 saturated heterocycles. The zero-order valence-corrected chi connectivity index (χ0v) is 21.7. The Kier molecular flexibility index (Phi) is 9.48. The molecular formula is C25H24Cl3N5O2. The molecule has 0 aliphatic heterocycles. The van der Waals surface area contributed by atoms with Crippen molar-refractivity contribution in [2.45, 2.75) is 27.2 Å². The van der Waals surface area contributed by atoms with Crippen LogP contribution >= 0.6 is 34.8 Å². The van der Waals surface area contributed by atoms with Gasteiger partial charge in [0, 0.05) is 17.8 Å². The number of rotatable bonds is 7. The summed E-state index contributed by atoms with van der Waals surface area (Å²) in [6.07, 6.45) is 4.52. The second kappa shape index (κ2) is 12.5. The van der Waals surface area contributed by atoms with Gasteiger partial charge in [-0.15, -0.1) is 0 Å². The Morgan fingerprint density at radius 2 is 1.77 bits per heavy atom. The molecule has 0 aliphatic carbocycles. The lowest BCUT2D eigenvalue weighted by Gasteiger charge is -2.09. The number of nitrogens with one attached hydrogen (secondary N) is 1. The maximum atomic E-state index is 9.84. The van der Waals surface area contributed by atoms with E-state index in [9.17, 15) is 4.79 Å². The molecule has 2 heterocycles. The van der Waals surface area contributed by atoms with E-state index in [1.54, 1.807) is 28.9 Å². The molecule has 4 rings (SSSR count). The highest BCUT2D eigenvalue weighted by Crippen LogP contribution is 2.24. The highest BCUT2D eigenvalue weighted by atomic mass is 35.5. The second-order valence-electron chi connectivity index (χ2n) is 7.61. The van der Waals surface area contributed by atoms with Gasteiger partial charge in [0.25, 0.3) is 6.47 Å². The first-order valence-electron chi connectivity index (χ1n) is 10.7. The van der Waals surface area contributed by atoms with Crippen molar-refractivity contribution < 1.29 is 9.53 Å². The van der Waals surface area contributed by atoms with Gasteiger partial charge in [-0.1, -0.05) is 52.5 Å². The average Bonchev–Trinajstić information content (AvgIpc) is 3.27. The van der Waals surface area contributed by atoms with E-state index in [1.165, 1.54) is 0 Å². The molecule has 0 aliphatic rings. The topological polar surface area (TPSA) is 81.9 Å². The third-order valence-corrected chi connectivity index (χ3v) is 5.82. The lowest BCUT2D eigenvalue weighted by molar-refractivity contribution is -0.120. The van der Waals surface area contributed by atoms with Crippen molar-refractivity contribution in [3.8, 4) is 11.4 Å². The molecule has 0 spiro atoms. The molecule has 0 amide bonds. The fraction of sp³-hybridized carbons (Fsp3) is 0.200. The number of carbonyl (C=O) groups is 1. The zero-order valence-electron chi connectivity index (χ0n) is 19.4. The summed E-state index contributed by atoms with van der Waals surface area (Å²) in [5.41, 5.74) is 3.77. The number of hydrogen-bond acceptors (Lipinski definition) is 6. The third-order valence-electron chi connectivity index (χ3n) is 4.83. The van der Waals surface area contributed by atoms with Crippen LogP contribution in [0.25, 0.3) is 5.69 Å². The van der Waals surface area contributed by atoms with E-state index >= 15 is 0 Å². The van der Waals surface area contributed by atoms with Gasteiger partial charge < -0.3 is 10.1 Å². The molecule has 182 valence electrons. The third kappa shape index (κ3) is 7.68. The van der Waals surface area contributed by atoms with Crippen LogP contribution in [0.4, 0.5) is 5.82 Å². The summed E-state index contributed by atoms with van der Waals surface area (Å²) in [5.74, 6) is 1.93. The van der Waals surface area contributed by atoms with Crippen molar-refractivity contribution in [1.29, 1.82) is 0 Å². The molecule has 0 bridgehead atoms. The largest absolute Gasteiger partial charge is 0.429 e. The molecule has 0 fully saturated rings. The molecule has 1 N–H and O–H groups in total. The van der Waals surface area contributed by atoms with Crippen molar-refractivity contribution in [1.82, 2.24) is 19.7 Å². The van der Waals surface area contributed by atoms with Crippen LogP contribution in [0.5, 0.6) is 5.75 Å². The highest BCUT2D eigenvalue weighted by Gasteiger charge is 2.09. The van der Waals surface area contributed by atoms with Crippen LogP contribution in [0.15, 0.2) is 54.9 Å². The summed E-state index contributed by atoms with van der Waals surface area (Å²) in [7, 11) is 0. The Hall–Kier alpha value is -3.13. The van der Waals surface area contributed by atoms with Gasteiger partial charge in [-0.05, 0) is 63.1 Å². The maximum absolute atomic E-state index is 9.84. The van der Waals surface area contributed by atoms with Gasteiger partial charge in [0.05, 0.1) is 22.6 Å².